The molecule has 1 unspecified atom stereocenters. The molecule has 0 fully saturated rings. The molecule has 0 saturated carbocycles. The Kier molecular flexibility index (Phi) is 3.45. The van der Waals surface area contributed by atoms with Gasteiger partial charge in [-0.05, 0) is 26.0 Å². The zero-order valence-electron chi connectivity index (χ0n) is 10.2. The van der Waals surface area contributed by atoms with Crippen LogP contribution in [0.3, 0.4) is 0 Å². The van der Waals surface area contributed by atoms with E-state index in [0.717, 1.165) is 21.4 Å². The summed E-state index contributed by atoms with van der Waals surface area (Å²) in [6.07, 6.45) is -0.453. The van der Waals surface area contributed by atoms with Crippen LogP contribution >= 0.6 is 11.3 Å². The molecule has 0 amide bonds. The predicted octanol–water partition coefficient (Wildman–Crippen LogP) is 3.27. The number of benzene rings is 1. The van der Waals surface area contributed by atoms with Gasteiger partial charge in [-0.25, -0.2) is 4.98 Å². The Balaban J connectivity index is 2.32. The van der Waals surface area contributed by atoms with Crippen molar-refractivity contribution in [3.63, 3.8) is 0 Å². The number of anilines is 2. The Morgan fingerprint density at radius 1 is 1.29 bits per heavy atom. The number of aliphatic hydroxyl groups is 1. The van der Waals surface area contributed by atoms with Crippen molar-refractivity contribution in [2.24, 2.45) is 0 Å². The zero-order valence-corrected chi connectivity index (χ0v) is 11.0. The molecule has 0 saturated heterocycles. The standard InChI is InChI=1S/C13H16N2OS/c1-9-12(10(2)16)17-13(14-9)15(3)11-7-5-4-6-8-11/h4-8,10,16H,1-3H3. The molecule has 0 bridgehead atoms. The van der Waals surface area contributed by atoms with Crippen LogP contribution in [0.25, 0.3) is 0 Å². The van der Waals surface area contributed by atoms with Crippen LogP contribution in [-0.2, 0) is 0 Å². The zero-order chi connectivity index (χ0) is 12.4. The highest BCUT2D eigenvalue weighted by atomic mass is 32.1. The Labute approximate surface area is 105 Å². The van der Waals surface area contributed by atoms with E-state index < -0.39 is 6.10 Å². The van der Waals surface area contributed by atoms with Crippen LogP contribution in [0.2, 0.25) is 0 Å². The van der Waals surface area contributed by atoms with Crippen LogP contribution in [0.1, 0.15) is 23.6 Å². The SMILES string of the molecule is Cc1nc(N(C)c2ccccc2)sc1C(C)O. The Morgan fingerprint density at radius 2 is 1.94 bits per heavy atom. The Bertz CT molecular complexity index is 493. The van der Waals surface area contributed by atoms with Gasteiger partial charge in [-0.2, -0.15) is 0 Å². The molecule has 2 aromatic rings. The Hall–Kier alpha value is -1.39. The van der Waals surface area contributed by atoms with Gasteiger partial charge in [-0.1, -0.05) is 29.5 Å². The monoisotopic (exact) mass is 248 g/mol. The summed E-state index contributed by atoms with van der Waals surface area (Å²) in [5.74, 6) is 0. The van der Waals surface area contributed by atoms with Gasteiger partial charge in [0.1, 0.15) is 0 Å². The van der Waals surface area contributed by atoms with Crippen molar-refractivity contribution in [3.8, 4) is 0 Å². The van der Waals surface area contributed by atoms with E-state index in [-0.39, 0.29) is 0 Å². The number of para-hydroxylation sites is 1. The van der Waals surface area contributed by atoms with Crippen molar-refractivity contribution in [2.45, 2.75) is 20.0 Å². The van der Waals surface area contributed by atoms with E-state index in [1.807, 2.05) is 49.2 Å². The average molecular weight is 248 g/mol. The maximum atomic E-state index is 9.62. The molecule has 0 aliphatic heterocycles. The van der Waals surface area contributed by atoms with Gasteiger partial charge in [0.15, 0.2) is 5.13 Å². The second kappa shape index (κ2) is 4.85. The molecular weight excluding hydrogens is 232 g/mol. The van der Waals surface area contributed by atoms with Gasteiger partial charge in [0.25, 0.3) is 0 Å². The fraction of sp³-hybridized carbons (Fsp3) is 0.308. The summed E-state index contributed by atoms with van der Waals surface area (Å²) < 4.78 is 0. The van der Waals surface area contributed by atoms with Crippen LogP contribution in [0.4, 0.5) is 10.8 Å². The number of aryl methyl sites for hydroxylation is 1. The molecule has 90 valence electrons. The number of aliphatic hydroxyl groups excluding tert-OH is 1. The first kappa shape index (κ1) is 12.1. The molecule has 2 rings (SSSR count). The van der Waals surface area contributed by atoms with E-state index >= 15 is 0 Å². The van der Waals surface area contributed by atoms with Crippen molar-refractivity contribution in [3.05, 3.63) is 40.9 Å². The minimum atomic E-state index is -0.453. The van der Waals surface area contributed by atoms with Gasteiger partial charge < -0.3 is 10.0 Å². The van der Waals surface area contributed by atoms with Crippen molar-refractivity contribution < 1.29 is 5.11 Å². The van der Waals surface area contributed by atoms with E-state index in [1.54, 1.807) is 6.92 Å². The van der Waals surface area contributed by atoms with Crippen molar-refractivity contribution in [2.75, 3.05) is 11.9 Å². The summed E-state index contributed by atoms with van der Waals surface area (Å²) in [7, 11) is 1.99. The molecular formula is C13H16N2OS. The normalized spacial score (nSPS) is 12.5. The topological polar surface area (TPSA) is 36.4 Å². The van der Waals surface area contributed by atoms with Crippen molar-refractivity contribution in [1.82, 2.24) is 4.98 Å². The molecule has 1 aromatic carbocycles. The van der Waals surface area contributed by atoms with Gasteiger partial charge in [0.05, 0.1) is 16.7 Å². The summed E-state index contributed by atoms with van der Waals surface area (Å²) in [6, 6.07) is 10.1. The largest absolute Gasteiger partial charge is 0.388 e. The molecule has 1 aromatic heterocycles. The van der Waals surface area contributed by atoms with Gasteiger partial charge in [-0.15, -0.1) is 0 Å². The summed E-state index contributed by atoms with van der Waals surface area (Å²) in [5.41, 5.74) is 2.00. The molecule has 0 aliphatic rings. The molecule has 1 heterocycles. The van der Waals surface area contributed by atoms with Crippen molar-refractivity contribution >= 4 is 22.2 Å². The third kappa shape index (κ3) is 2.48. The fourth-order valence-electron chi connectivity index (χ4n) is 1.69. The van der Waals surface area contributed by atoms with E-state index in [1.165, 1.54) is 11.3 Å². The molecule has 3 nitrogen and oxygen atoms in total. The summed E-state index contributed by atoms with van der Waals surface area (Å²) >= 11 is 1.54. The molecule has 1 N–H and O–H groups in total. The number of hydrogen-bond donors (Lipinski definition) is 1. The summed E-state index contributed by atoms with van der Waals surface area (Å²) in [4.78, 5) is 7.46. The van der Waals surface area contributed by atoms with Crippen LogP contribution in [0.15, 0.2) is 30.3 Å². The first-order valence-electron chi connectivity index (χ1n) is 5.53. The van der Waals surface area contributed by atoms with E-state index in [2.05, 4.69) is 4.98 Å². The van der Waals surface area contributed by atoms with Crippen LogP contribution in [-0.4, -0.2) is 17.1 Å². The molecule has 17 heavy (non-hydrogen) atoms. The second-order valence-electron chi connectivity index (χ2n) is 4.02. The highest BCUT2D eigenvalue weighted by Crippen LogP contribution is 2.33. The van der Waals surface area contributed by atoms with Gasteiger partial charge >= 0.3 is 0 Å². The van der Waals surface area contributed by atoms with E-state index in [4.69, 9.17) is 0 Å². The van der Waals surface area contributed by atoms with Gasteiger partial charge in [0.2, 0.25) is 0 Å². The molecule has 0 aliphatic carbocycles. The Morgan fingerprint density at radius 3 is 2.47 bits per heavy atom. The number of nitrogens with zero attached hydrogens (tertiary/aromatic N) is 2. The lowest BCUT2D eigenvalue weighted by molar-refractivity contribution is 0.202. The minimum Gasteiger partial charge on any atom is -0.388 e. The third-order valence-electron chi connectivity index (χ3n) is 2.63. The maximum Gasteiger partial charge on any atom is 0.190 e. The molecule has 1 atom stereocenters. The van der Waals surface area contributed by atoms with E-state index in [9.17, 15) is 5.11 Å². The molecule has 0 spiro atoms. The highest BCUT2D eigenvalue weighted by molar-refractivity contribution is 7.15. The summed E-state index contributed by atoms with van der Waals surface area (Å²) in [6.45, 7) is 3.70. The fourth-order valence-corrected chi connectivity index (χ4v) is 2.67. The quantitative estimate of drug-likeness (QED) is 0.905. The van der Waals surface area contributed by atoms with Crippen LogP contribution in [0, 0.1) is 6.92 Å². The third-order valence-corrected chi connectivity index (χ3v) is 4.04. The lowest BCUT2D eigenvalue weighted by atomic mass is 10.3. The number of rotatable bonds is 3. The number of aromatic nitrogens is 1. The van der Waals surface area contributed by atoms with Gasteiger partial charge in [-0.3, -0.25) is 0 Å². The second-order valence-corrected chi connectivity index (χ2v) is 5.03. The summed E-state index contributed by atoms with van der Waals surface area (Å²) in [5, 5.41) is 10.5. The minimum absolute atomic E-state index is 0.453. The molecule has 4 heteroatoms. The maximum absolute atomic E-state index is 9.62. The highest BCUT2D eigenvalue weighted by Gasteiger charge is 2.15. The first-order valence-corrected chi connectivity index (χ1v) is 6.35. The lowest BCUT2D eigenvalue weighted by Crippen LogP contribution is -2.08. The molecule has 0 radical (unpaired) electrons. The lowest BCUT2D eigenvalue weighted by Gasteiger charge is -2.15. The van der Waals surface area contributed by atoms with Crippen LogP contribution < -0.4 is 4.90 Å². The number of thiazole rings is 1. The van der Waals surface area contributed by atoms with Gasteiger partial charge in [0, 0.05) is 12.7 Å². The van der Waals surface area contributed by atoms with Crippen LogP contribution in [0.5, 0.6) is 0 Å². The predicted molar refractivity (Wildman–Crippen MR) is 72.0 cm³/mol. The smallest absolute Gasteiger partial charge is 0.190 e. The van der Waals surface area contributed by atoms with Crippen molar-refractivity contribution in [1.29, 1.82) is 0 Å². The number of hydrogen-bond acceptors (Lipinski definition) is 4. The first-order chi connectivity index (χ1) is 8.09. The van der Waals surface area contributed by atoms with E-state index in [0.29, 0.717) is 0 Å². The average Bonchev–Trinajstić information content (AvgIpc) is 2.71.